The Morgan fingerprint density at radius 1 is 1.33 bits per heavy atom. The fourth-order valence-electron chi connectivity index (χ4n) is 3.60. The second-order valence-corrected chi connectivity index (χ2v) is 8.09. The van der Waals surface area contributed by atoms with Crippen LogP contribution in [0.5, 0.6) is 0 Å². The van der Waals surface area contributed by atoms with Gasteiger partial charge in [-0.1, -0.05) is 12.0 Å². The fraction of sp³-hybridized carbons (Fsp3) is 0.292. The molecule has 1 aliphatic carbocycles. The number of terminal acetylenes is 1. The highest BCUT2D eigenvalue weighted by molar-refractivity contribution is 5.97. The first-order valence-corrected chi connectivity index (χ1v) is 10.3. The van der Waals surface area contributed by atoms with Gasteiger partial charge in [-0.25, -0.2) is 4.98 Å². The Kier molecular flexibility index (Phi) is 5.51. The van der Waals surface area contributed by atoms with Crippen molar-refractivity contribution in [1.82, 2.24) is 14.7 Å². The summed E-state index contributed by atoms with van der Waals surface area (Å²) in [5.74, 6) is 2.21. The number of pyridine rings is 1. The molecule has 0 saturated heterocycles. The summed E-state index contributed by atoms with van der Waals surface area (Å²) in [6.07, 6.45) is 4.87. The molecule has 0 aliphatic heterocycles. The van der Waals surface area contributed by atoms with Crippen molar-refractivity contribution >= 4 is 17.2 Å². The lowest BCUT2D eigenvalue weighted by molar-refractivity contribution is -0.131. The molecule has 9 heteroatoms. The molecule has 1 amide bonds. The van der Waals surface area contributed by atoms with E-state index in [0.717, 1.165) is 5.56 Å². The molecule has 1 aromatic carbocycles. The minimum atomic E-state index is -4.27. The Labute approximate surface area is 188 Å². The van der Waals surface area contributed by atoms with Gasteiger partial charge >= 0.3 is 6.18 Å². The summed E-state index contributed by atoms with van der Waals surface area (Å²) in [6, 6.07) is 8.99. The monoisotopic (exact) mass is 451 g/mol. The molecule has 0 atom stereocenters. The summed E-state index contributed by atoms with van der Waals surface area (Å²) in [7, 11) is 0. The first-order chi connectivity index (χ1) is 15.6. The zero-order valence-electron chi connectivity index (χ0n) is 17.8. The van der Waals surface area contributed by atoms with Gasteiger partial charge in [0.15, 0.2) is 5.65 Å². The minimum Gasteiger partial charge on any atom is -0.382 e. The number of nitrogens with zero attached hydrogens (tertiary/aromatic N) is 3. The number of aromatic nitrogens is 2. The smallest absolute Gasteiger partial charge is 0.382 e. The molecule has 0 radical (unpaired) electrons. The number of carbonyl (C=O) groups excluding carboxylic acids is 1. The summed E-state index contributed by atoms with van der Waals surface area (Å²) in [5, 5.41) is 14.8. The second-order valence-electron chi connectivity index (χ2n) is 8.09. The van der Waals surface area contributed by atoms with Gasteiger partial charge in [0, 0.05) is 29.4 Å². The predicted molar refractivity (Wildman–Crippen MR) is 118 cm³/mol. The molecule has 0 spiro atoms. The van der Waals surface area contributed by atoms with Crippen LogP contribution in [0, 0.1) is 30.6 Å². The van der Waals surface area contributed by atoms with Gasteiger partial charge in [-0.15, -0.1) is 6.42 Å². The summed E-state index contributed by atoms with van der Waals surface area (Å²) in [4.78, 5) is 17.0. The molecule has 33 heavy (non-hydrogen) atoms. The van der Waals surface area contributed by atoms with Crippen molar-refractivity contribution in [3.05, 3.63) is 53.3 Å². The van der Waals surface area contributed by atoms with Crippen LogP contribution in [0.25, 0.3) is 16.9 Å². The lowest BCUT2D eigenvalue weighted by Crippen LogP contribution is -2.35. The lowest BCUT2D eigenvalue weighted by atomic mass is 10.0. The molecule has 3 aromatic rings. The van der Waals surface area contributed by atoms with Gasteiger partial charge in [-0.3, -0.25) is 9.20 Å². The zero-order chi connectivity index (χ0) is 23.8. The van der Waals surface area contributed by atoms with E-state index in [1.165, 1.54) is 0 Å². The third kappa shape index (κ3) is 4.63. The van der Waals surface area contributed by atoms with Crippen LogP contribution in [-0.4, -0.2) is 33.6 Å². The standard InChI is InChI=1S/C24H20F3N5O/c1-3-16-11-19(29-9-8-24(25,26)27)21-30-12-20(32(21)13-16)17-4-5-18(15(2)10-17)22(33)31-23(14-28)6-7-23/h1,4-5,10-13,29H,6-9H2,2H3,(H,31,33). The van der Waals surface area contributed by atoms with E-state index in [1.807, 2.05) is 6.07 Å². The van der Waals surface area contributed by atoms with Crippen LogP contribution >= 0.6 is 0 Å². The number of amides is 1. The number of fused-ring (bicyclic) bond motifs is 1. The number of rotatable bonds is 6. The van der Waals surface area contributed by atoms with E-state index in [1.54, 1.807) is 41.9 Å². The molecule has 1 aliphatic rings. The Morgan fingerprint density at radius 2 is 2.09 bits per heavy atom. The van der Waals surface area contributed by atoms with Crippen LogP contribution in [0.4, 0.5) is 18.9 Å². The van der Waals surface area contributed by atoms with Gasteiger partial charge in [0.05, 0.1) is 30.1 Å². The van der Waals surface area contributed by atoms with E-state index in [-0.39, 0.29) is 12.5 Å². The van der Waals surface area contributed by atoms with Gasteiger partial charge in [-0.2, -0.15) is 18.4 Å². The van der Waals surface area contributed by atoms with Gasteiger partial charge in [0.2, 0.25) is 0 Å². The van der Waals surface area contributed by atoms with Crippen LogP contribution < -0.4 is 10.6 Å². The molecule has 0 unspecified atom stereocenters. The Hall–Kier alpha value is -3.98. The molecule has 6 nitrogen and oxygen atoms in total. The van der Waals surface area contributed by atoms with E-state index in [2.05, 4.69) is 27.6 Å². The van der Waals surface area contributed by atoms with Crippen LogP contribution in [0.2, 0.25) is 0 Å². The lowest BCUT2D eigenvalue weighted by Gasteiger charge is -2.13. The first-order valence-electron chi connectivity index (χ1n) is 10.3. The number of alkyl halides is 3. The SMILES string of the molecule is C#Cc1cc(NCCC(F)(F)F)c2ncc(-c3ccc(C(=O)NC4(C#N)CC4)c(C)c3)n2c1. The number of nitriles is 1. The third-order valence-electron chi connectivity index (χ3n) is 5.58. The molecule has 4 rings (SSSR count). The highest BCUT2D eigenvalue weighted by Crippen LogP contribution is 2.35. The molecule has 2 heterocycles. The van der Waals surface area contributed by atoms with E-state index < -0.39 is 18.1 Å². The van der Waals surface area contributed by atoms with E-state index in [4.69, 9.17) is 6.42 Å². The topological polar surface area (TPSA) is 82.2 Å². The normalized spacial score (nSPS) is 14.4. The zero-order valence-corrected chi connectivity index (χ0v) is 17.8. The molecule has 168 valence electrons. The summed E-state index contributed by atoms with van der Waals surface area (Å²) < 4.78 is 39.4. The number of benzene rings is 1. The third-order valence-corrected chi connectivity index (χ3v) is 5.58. The summed E-state index contributed by atoms with van der Waals surface area (Å²) in [6.45, 7) is 1.49. The van der Waals surface area contributed by atoms with Crippen LogP contribution in [-0.2, 0) is 0 Å². The molecule has 1 saturated carbocycles. The number of aryl methyl sites for hydroxylation is 1. The Bertz CT molecular complexity index is 1320. The molecule has 0 bridgehead atoms. The number of imidazole rings is 1. The van der Waals surface area contributed by atoms with Crippen molar-refractivity contribution in [1.29, 1.82) is 5.26 Å². The Morgan fingerprint density at radius 3 is 2.70 bits per heavy atom. The average Bonchev–Trinajstić information content (AvgIpc) is 3.40. The van der Waals surface area contributed by atoms with Crippen LogP contribution in [0.15, 0.2) is 36.7 Å². The summed E-state index contributed by atoms with van der Waals surface area (Å²) in [5.41, 5.74) is 3.18. The van der Waals surface area contributed by atoms with Crippen molar-refractivity contribution in [2.24, 2.45) is 0 Å². The number of hydrogen-bond acceptors (Lipinski definition) is 4. The van der Waals surface area contributed by atoms with Gasteiger partial charge in [-0.05, 0) is 43.5 Å². The summed E-state index contributed by atoms with van der Waals surface area (Å²) >= 11 is 0. The number of carbonyl (C=O) groups is 1. The molecular weight excluding hydrogens is 431 g/mol. The number of nitrogens with one attached hydrogen (secondary N) is 2. The minimum absolute atomic E-state index is 0.303. The van der Waals surface area contributed by atoms with Gasteiger partial charge in [0.1, 0.15) is 5.54 Å². The van der Waals surface area contributed by atoms with Crippen LogP contribution in [0.1, 0.15) is 40.7 Å². The maximum atomic E-state index is 12.6. The van der Waals surface area contributed by atoms with E-state index in [0.29, 0.717) is 46.6 Å². The second kappa shape index (κ2) is 8.18. The molecule has 2 aromatic heterocycles. The van der Waals surface area contributed by atoms with Crippen molar-refractivity contribution in [3.63, 3.8) is 0 Å². The van der Waals surface area contributed by atoms with Gasteiger partial charge < -0.3 is 10.6 Å². The fourth-order valence-corrected chi connectivity index (χ4v) is 3.60. The highest BCUT2D eigenvalue weighted by Gasteiger charge is 2.44. The highest BCUT2D eigenvalue weighted by atomic mass is 19.4. The molecule has 1 fully saturated rings. The van der Waals surface area contributed by atoms with Crippen molar-refractivity contribution in [2.45, 2.75) is 37.9 Å². The molecular formula is C24H20F3N5O. The average molecular weight is 451 g/mol. The number of halogens is 3. The number of hydrogen-bond donors (Lipinski definition) is 2. The van der Waals surface area contributed by atoms with Gasteiger partial charge in [0.25, 0.3) is 5.91 Å². The maximum Gasteiger partial charge on any atom is 0.390 e. The molecule has 2 N–H and O–H groups in total. The van der Waals surface area contributed by atoms with E-state index >= 15 is 0 Å². The number of anilines is 1. The van der Waals surface area contributed by atoms with Crippen molar-refractivity contribution < 1.29 is 18.0 Å². The predicted octanol–water partition coefficient (Wildman–Crippen LogP) is 4.44. The van der Waals surface area contributed by atoms with Crippen molar-refractivity contribution in [3.8, 4) is 29.7 Å². The quantitative estimate of drug-likeness (QED) is 0.543. The maximum absolute atomic E-state index is 12.6. The van der Waals surface area contributed by atoms with E-state index in [9.17, 15) is 23.2 Å². The van der Waals surface area contributed by atoms with Crippen molar-refractivity contribution in [2.75, 3.05) is 11.9 Å². The Balaban J connectivity index is 1.65. The largest absolute Gasteiger partial charge is 0.390 e. The first kappa shape index (κ1) is 22.2. The van der Waals surface area contributed by atoms with Crippen LogP contribution in [0.3, 0.4) is 0 Å².